The van der Waals surface area contributed by atoms with E-state index in [4.69, 9.17) is 14.2 Å². The number of carboxylic acid groups (broad SMARTS) is 1. The van der Waals surface area contributed by atoms with Crippen molar-refractivity contribution in [2.24, 2.45) is 0 Å². The highest BCUT2D eigenvalue weighted by Gasteiger charge is 2.25. The zero-order chi connectivity index (χ0) is 33.6. The Bertz CT molecular complexity index is 762. The average molecular weight is 640 g/mol. The highest BCUT2D eigenvalue weighted by molar-refractivity contribution is 5.70. The lowest BCUT2D eigenvalue weighted by Crippen LogP contribution is -2.55. The Hall–Kier alpha value is -1.93. The van der Waals surface area contributed by atoms with Crippen LogP contribution in [0, 0.1) is 0 Å². The Kier molecular flexibility index (Phi) is 28.2. The maximum atomic E-state index is 12.6. The van der Waals surface area contributed by atoms with Crippen molar-refractivity contribution >= 4 is 17.9 Å². The van der Waals surface area contributed by atoms with E-state index < -0.39 is 18.1 Å². The highest BCUT2D eigenvalue weighted by atomic mass is 16.6. The summed E-state index contributed by atoms with van der Waals surface area (Å²) in [6.07, 6.45) is 26.7. The molecule has 0 bridgehead atoms. The standard InChI is InChI=1S/C37H69NO7/c1-6-8-10-12-14-16-17-18-19-20-22-24-26-28-36(40)45-33(31-43-30-29-34(37(41)42)38(3,4)5)32-44-35(39)27-25-23-21-15-13-11-9-7-2/h18-19,33-34H,6-17,20-32H2,1-5H3/b19-18+. The molecule has 0 fully saturated rings. The maximum Gasteiger partial charge on any atom is 0.306 e. The van der Waals surface area contributed by atoms with Crippen LogP contribution >= 0.6 is 0 Å². The molecule has 8 heteroatoms. The lowest BCUT2D eigenvalue weighted by molar-refractivity contribution is -0.889. The van der Waals surface area contributed by atoms with Gasteiger partial charge in [0.1, 0.15) is 12.6 Å². The minimum absolute atomic E-state index is 0.0388. The van der Waals surface area contributed by atoms with Crippen LogP contribution < -0.4 is 5.11 Å². The number of carboxylic acids is 1. The van der Waals surface area contributed by atoms with Crippen LogP contribution in [-0.4, -0.2) is 75.5 Å². The lowest BCUT2D eigenvalue weighted by atomic mass is 10.1. The van der Waals surface area contributed by atoms with Crippen molar-refractivity contribution < 1.29 is 38.2 Å². The predicted octanol–water partition coefficient (Wildman–Crippen LogP) is 7.46. The van der Waals surface area contributed by atoms with Gasteiger partial charge in [0.15, 0.2) is 6.10 Å². The fraction of sp³-hybridized carbons (Fsp3) is 0.865. The number of esters is 2. The quantitative estimate of drug-likeness (QED) is 0.0326. The van der Waals surface area contributed by atoms with Gasteiger partial charge in [0.2, 0.25) is 0 Å². The first-order valence-electron chi connectivity index (χ1n) is 18.2. The van der Waals surface area contributed by atoms with Crippen LogP contribution in [0.4, 0.5) is 0 Å². The van der Waals surface area contributed by atoms with Crippen molar-refractivity contribution in [1.29, 1.82) is 0 Å². The monoisotopic (exact) mass is 640 g/mol. The Balaban J connectivity index is 4.46. The molecule has 0 aliphatic rings. The molecule has 0 aromatic heterocycles. The van der Waals surface area contributed by atoms with E-state index in [0.717, 1.165) is 51.4 Å². The molecule has 45 heavy (non-hydrogen) atoms. The third-order valence-corrected chi connectivity index (χ3v) is 8.15. The number of aliphatic carboxylic acids is 1. The van der Waals surface area contributed by atoms with Crippen LogP contribution in [0.3, 0.4) is 0 Å². The predicted molar refractivity (Wildman–Crippen MR) is 181 cm³/mol. The summed E-state index contributed by atoms with van der Waals surface area (Å²) in [7, 11) is 5.39. The molecule has 0 aliphatic carbocycles. The molecule has 0 aromatic carbocycles. The van der Waals surface area contributed by atoms with Gasteiger partial charge in [0.05, 0.1) is 40.3 Å². The van der Waals surface area contributed by atoms with Gasteiger partial charge >= 0.3 is 11.9 Å². The van der Waals surface area contributed by atoms with Crippen LogP contribution in [-0.2, 0) is 28.6 Å². The van der Waals surface area contributed by atoms with Gasteiger partial charge in [-0.15, -0.1) is 0 Å². The van der Waals surface area contributed by atoms with Crippen LogP contribution in [0.15, 0.2) is 12.2 Å². The van der Waals surface area contributed by atoms with E-state index in [2.05, 4.69) is 26.0 Å². The Morgan fingerprint density at radius 2 is 1.11 bits per heavy atom. The molecular formula is C37H69NO7. The number of likely N-dealkylation sites (N-methyl/N-ethyl adjacent to an activating group) is 1. The SMILES string of the molecule is CCCCCCCC/C=C/CCCCCC(=O)OC(COCCC(C(=O)[O-])[N+](C)(C)C)COC(=O)CCCCCCCCCC. The van der Waals surface area contributed by atoms with Gasteiger partial charge in [0, 0.05) is 19.3 Å². The first-order valence-corrected chi connectivity index (χ1v) is 18.2. The van der Waals surface area contributed by atoms with Crippen LogP contribution in [0.25, 0.3) is 0 Å². The molecule has 0 saturated carbocycles. The van der Waals surface area contributed by atoms with E-state index in [1.54, 1.807) is 21.1 Å². The summed E-state index contributed by atoms with van der Waals surface area (Å²) in [4.78, 5) is 36.5. The maximum absolute atomic E-state index is 12.6. The number of carbonyl (C=O) groups excluding carboxylic acids is 3. The van der Waals surface area contributed by atoms with Gasteiger partial charge in [-0.1, -0.05) is 109 Å². The number of quaternary nitrogens is 1. The smallest absolute Gasteiger partial charge is 0.306 e. The number of unbranched alkanes of at least 4 members (excludes halogenated alkanes) is 16. The van der Waals surface area contributed by atoms with Crippen LogP contribution in [0.5, 0.6) is 0 Å². The van der Waals surface area contributed by atoms with E-state index in [1.807, 2.05) is 0 Å². The number of carbonyl (C=O) groups is 3. The molecule has 2 unspecified atom stereocenters. The average Bonchev–Trinajstić information content (AvgIpc) is 2.98. The van der Waals surface area contributed by atoms with Crippen molar-refractivity contribution in [1.82, 2.24) is 0 Å². The second-order valence-electron chi connectivity index (χ2n) is 13.5. The van der Waals surface area contributed by atoms with E-state index in [1.165, 1.54) is 70.6 Å². The topological polar surface area (TPSA) is 102 Å². The molecule has 0 spiro atoms. The number of allylic oxidation sites excluding steroid dienone is 2. The van der Waals surface area contributed by atoms with Gasteiger partial charge in [0.25, 0.3) is 0 Å². The molecule has 0 aromatic rings. The van der Waals surface area contributed by atoms with E-state index in [-0.39, 0.29) is 42.7 Å². The van der Waals surface area contributed by atoms with Crippen molar-refractivity contribution in [3.8, 4) is 0 Å². The molecule has 0 radical (unpaired) electrons. The Labute approximate surface area is 276 Å². The zero-order valence-electron chi connectivity index (χ0n) is 29.8. The molecule has 0 amide bonds. The summed E-state index contributed by atoms with van der Waals surface area (Å²) in [5.41, 5.74) is 0. The molecule has 0 N–H and O–H groups in total. The largest absolute Gasteiger partial charge is 0.544 e. The fourth-order valence-electron chi connectivity index (χ4n) is 5.24. The molecule has 0 heterocycles. The minimum atomic E-state index is -1.13. The summed E-state index contributed by atoms with van der Waals surface area (Å²) >= 11 is 0. The van der Waals surface area contributed by atoms with E-state index >= 15 is 0 Å². The lowest BCUT2D eigenvalue weighted by Gasteiger charge is -2.34. The summed E-state index contributed by atoms with van der Waals surface area (Å²) < 4.78 is 17.0. The van der Waals surface area contributed by atoms with Gasteiger partial charge < -0.3 is 28.6 Å². The first-order chi connectivity index (χ1) is 21.6. The minimum Gasteiger partial charge on any atom is -0.544 e. The van der Waals surface area contributed by atoms with Gasteiger partial charge in [-0.2, -0.15) is 0 Å². The number of ether oxygens (including phenoxy) is 3. The van der Waals surface area contributed by atoms with Crippen molar-refractivity contribution in [3.05, 3.63) is 12.2 Å². The fourth-order valence-corrected chi connectivity index (χ4v) is 5.24. The number of hydrogen-bond acceptors (Lipinski definition) is 7. The Morgan fingerprint density at radius 3 is 1.62 bits per heavy atom. The molecule has 0 aliphatic heterocycles. The van der Waals surface area contributed by atoms with Crippen molar-refractivity contribution in [2.45, 2.75) is 167 Å². The molecule has 8 nitrogen and oxygen atoms in total. The third kappa shape index (κ3) is 28.1. The summed E-state index contributed by atoms with van der Waals surface area (Å²) in [6, 6.07) is -0.721. The third-order valence-electron chi connectivity index (χ3n) is 8.15. The normalized spacial score (nSPS) is 13.2. The summed E-state index contributed by atoms with van der Waals surface area (Å²) in [5, 5.41) is 11.5. The van der Waals surface area contributed by atoms with Crippen molar-refractivity contribution in [3.63, 3.8) is 0 Å². The van der Waals surface area contributed by atoms with Gasteiger partial charge in [-0.25, -0.2) is 0 Å². The molecule has 0 saturated heterocycles. The van der Waals surface area contributed by atoms with Gasteiger partial charge in [-0.3, -0.25) is 9.59 Å². The molecule has 0 rings (SSSR count). The van der Waals surface area contributed by atoms with E-state index in [0.29, 0.717) is 12.8 Å². The van der Waals surface area contributed by atoms with Crippen LogP contribution in [0.2, 0.25) is 0 Å². The molecule has 264 valence electrons. The zero-order valence-corrected chi connectivity index (χ0v) is 29.8. The molecular weight excluding hydrogens is 570 g/mol. The number of nitrogens with zero attached hydrogens (tertiary/aromatic N) is 1. The summed E-state index contributed by atoms with van der Waals surface area (Å²) in [6.45, 7) is 4.59. The van der Waals surface area contributed by atoms with E-state index in [9.17, 15) is 19.5 Å². The second-order valence-corrected chi connectivity index (χ2v) is 13.5. The molecule has 2 atom stereocenters. The van der Waals surface area contributed by atoms with Gasteiger partial charge in [-0.05, 0) is 38.5 Å². The second kappa shape index (κ2) is 29.5. The number of rotatable bonds is 32. The van der Waals surface area contributed by atoms with Crippen molar-refractivity contribution in [2.75, 3.05) is 41.0 Å². The highest BCUT2D eigenvalue weighted by Crippen LogP contribution is 2.13. The number of hydrogen-bond donors (Lipinski definition) is 0. The summed E-state index contributed by atoms with van der Waals surface area (Å²) in [5.74, 6) is -1.76. The van der Waals surface area contributed by atoms with Crippen LogP contribution in [0.1, 0.15) is 155 Å². The Morgan fingerprint density at radius 1 is 0.644 bits per heavy atom. The first kappa shape index (κ1) is 43.1.